The first-order valence-corrected chi connectivity index (χ1v) is 11.9. The van der Waals surface area contributed by atoms with Gasteiger partial charge < -0.3 is 36.9 Å². The molecule has 3 atom stereocenters. The minimum atomic E-state index is -1.26. The van der Waals surface area contributed by atoms with Crippen molar-refractivity contribution in [2.75, 3.05) is 6.54 Å². The van der Waals surface area contributed by atoms with E-state index >= 15 is 0 Å². The predicted molar refractivity (Wildman–Crippen MR) is 137 cm³/mol. The van der Waals surface area contributed by atoms with E-state index in [9.17, 15) is 29.4 Å². The minimum Gasteiger partial charge on any atom is -0.508 e. The molecule has 3 rings (SSSR count). The number of aromatic nitrogens is 2. The second kappa shape index (κ2) is 13.6. The zero-order valence-electron chi connectivity index (χ0n) is 20.5. The van der Waals surface area contributed by atoms with Gasteiger partial charge in [-0.05, 0) is 29.7 Å². The number of amides is 3. The van der Waals surface area contributed by atoms with E-state index in [4.69, 9.17) is 5.73 Å². The number of aliphatic carboxylic acids is 1. The largest absolute Gasteiger partial charge is 0.508 e. The molecule has 3 amide bonds. The number of carbonyl (C=O) groups excluding carboxylic acids is 3. The number of nitrogens with zero attached hydrogens (tertiary/aromatic N) is 1. The molecule has 0 saturated carbocycles. The fraction of sp³-hybridized carbons (Fsp3) is 0.269. The van der Waals surface area contributed by atoms with Crippen LogP contribution in [0.3, 0.4) is 0 Å². The number of benzene rings is 2. The molecule has 0 fully saturated rings. The molecule has 0 aliphatic carbocycles. The molecule has 0 radical (unpaired) electrons. The van der Waals surface area contributed by atoms with Crippen LogP contribution in [0.1, 0.15) is 16.8 Å². The Labute approximate surface area is 218 Å². The van der Waals surface area contributed by atoms with Crippen LogP contribution < -0.4 is 21.7 Å². The third-order valence-corrected chi connectivity index (χ3v) is 5.68. The molecule has 8 N–H and O–H groups in total. The quantitative estimate of drug-likeness (QED) is 0.158. The molecule has 2 aromatic carbocycles. The van der Waals surface area contributed by atoms with E-state index in [-0.39, 0.29) is 25.0 Å². The van der Waals surface area contributed by atoms with E-state index < -0.39 is 48.4 Å². The van der Waals surface area contributed by atoms with Gasteiger partial charge in [0.15, 0.2) is 0 Å². The molecular weight excluding hydrogens is 492 g/mol. The smallest absolute Gasteiger partial charge is 0.326 e. The Bertz CT molecular complexity index is 1220. The number of phenols is 1. The highest BCUT2D eigenvalue weighted by Gasteiger charge is 2.26. The van der Waals surface area contributed by atoms with Gasteiger partial charge in [-0.2, -0.15) is 0 Å². The molecule has 1 heterocycles. The fourth-order valence-electron chi connectivity index (χ4n) is 3.67. The van der Waals surface area contributed by atoms with Crippen molar-refractivity contribution in [2.24, 2.45) is 5.73 Å². The third-order valence-electron chi connectivity index (χ3n) is 5.68. The number of carboxylic acids is 1. The zero-order chi connectivity index (χ0) is 27.5. The summed E-state index contributed by atoms with van der Waals surface area (Å²) in [5.74, 6) is -3.14. The van der Waals surface area contributed by atoms with E-state index in [0.29, 0.717) is 11.3 Å². The van der Waals surface area contributed by atoms with Gasteiger partial charge in [-0.15, -0.1) is 0 Å². The molecule has 0 spiro atoms. The summed E-state index contributed by atoms with van der Waals surface area (Å²) in [7, 11) is 0. The van der Waals surface area contributed by atoms with Gasteiger partial charge in [0, 0.05) is 24.7 Å². The van der Waals surface area contributed by atoms with Crippen molar-refractivity contribution in [3.8, 4) is 5.75 Å². The summed E-state index contributed by atoms with van der Waals surface area (Å²) in [6, 6.07) is 11.9. The Balaban J connectivity index is 1.58. The lowest BCUT2D eigenvalue weighted by Crippen LogP contribution is -2.54. The highest BCUT2D eigenvalue weighted by Crippen LogP contribution is 2.11. The van der Waals surface area contributed by atoms with Gasteiger partial charge in [0.2, 0.25) is 17.7 Å². The predicted octanol–water partition coefficient (Wildman–Crippen LogP) is -0.359. The second-order valence-corrected chi connectivity index (χ2v) is 8.69. The van der Waals surface area contributed by atoms with Crippen LogP contribution in [0.5, 0.6) is 5.75 Å². The van der Waals surface area contributed by atoms with Crippen LogP contribution >= 0.6 is 0 Å². The average molecular weight is 523 g/mol. The monoisotopic (exact) mass is 522 g/mol. The Morgan fingerprint density at radius 3 is 2.18 bits per heavy atom. The molecule has 0 aliphatic rings. The number of hydrogen-bond acceptors (Lipinski definition) is 7. The summed E-state index contributed by atoms with van der Waals surface area (Å²) < 4.78 is 0. The minimum absolute atomic E-state index is 0.0207. The summed E-state index contributed by atoms with van der Waals surface area (Å²) >= 11 is 0. The number of imidazole rings is 1. The Morgan fingerprint density at radius 1 is 0.868 bits per heavy atom. The third kappa shape index (κ3) is 8.75. The highest BCUT2D eigenvalue weighted by molar-refractivity contribution is 5.92. The maximum absolute atomic E-state index is 12.9. The van der Waals surface area contributed by atoms with Gasteiger partial charge in [0.1, 0.15) is 17.8 Å². The van der Waals surface area contributed by atoms with Crippen molar-refractivity contribution < 1.29 is 29.4 Å². The number of nitrogens with one attached hydrogen (secondary N) is 4. The maximum Gasteiger partial charge on any atom is 0.326 e. The van der Waals surface area contributed by atoms with Gasteiger partial charge in [0.25, 0.3) is 0 Å². The van der Waals surface area contributed by atoms with Crippen LogP contribution in [-0.2, 0) is 38.4 Å². The van der Waals surface area contributed by atoms with Crippen LogP contribution in [0.4, 0.5) is 0 Å². The summed E-state index contributed by atoms with van der Waals surface area (Å²) in [4.78, 5) is 56.5. The first-order valence-electron chi connectivity index (χ1n) is 11.9. The number of aromatic hydroxyl groups is 1. The number of H-pyrrole nitrogens is 1. The molecule has 0 saturated heterocycles. The van der Waals surface area contributed by atoms with E-state index in [1.54, 1.807) is 12.1 Å². The Hall–Kier alpha value is -4.71. The molecule has 3 unspecified atom stereocenters. The fourth-order valence-corrected chi connectivity index (χ4v) is 3.67. The number of hydrogen-bond donors (Lipinski definition) is 7. The molecule has 200 valence electrons. The summed E-state index contributed by atoms with van der Waals surface area (Å²) in [6.07, 6.45) is 3.25. The van der Waals surface area contributed by atoms with Crippen LogP contribution in [-0.4, -0.2) is 68.5 Å². The lowest BCUT2D eigenvalue weighted by Gasteiger charge is -2.21. The Morgan fingerprint density at radius 2 is 1.55 bits per heavy atom. The molecule has 12 heteroatoms. The van der Waals surface area contributed by atoms with Gasteiger partial charge in [-0.3, -0.25) is 14.4 Å². The number of carbonyl (C=O) groups is 4. The summed E-state index contributed by atoms with van der Waals surface area (Å²) in [5.41, 5.74) is 8.08. The molecule has 12 nitrogen and oxygen atoms in total. The highest BCUT2D eigenvalue weighted by atomic mass is 16.4. The number of carboxylic acid groups (broad SMARTS) is 1. The average Bonchev–Trinajstić information content (AvgIpc) is 3.41. The molecule has 0 aliphatic heterocycles. The van der Waals surface area contributed by atoms with Crippen molar-refractivity contribution in [1.82, 2.24) is 25.9 Å². The van der Waals surface area contributed by atoms with Crippen molar-refractivity contribution in [2.45, 2.75) is 37.4 Å². The lowest BCUT2D eigenvalue weighted by molar-refractivity contribution is -0.141. The number of phenolic OH excluding ortho intramolecular Hbond substituents is 1. The summed E-state index contributed by atoms with van der Waals surface area (Å²) in [5, 5.41) is 26.3. The number of rotatable bonds is 13. The van der Waals surface area contributed by atoms with Crippen LogP contribution in [0.2, 0.25) is 0 Å². The first-order chi connectivity index (χ1) is 18.2. The van der Waals surface area contributed by atoms with Gasteiger partial charge in [0.05, 0.1) is 18.9 Å². The normalized spacial score (nSPS) is 13.1. The standard InChI is InChI=1S/C26H30N6O6/c27-20(10-16-4-2-1-3-5-16)24(35)32-21(12-18-13-28-15-30-18)25(36)29-14-23(34)31-22(26(37)38)11-17-6-8-19(33)9-7-17/h1-9,13,15,20-22,33H,10-12,14,27H2,(H,28,30)(H,29,36)(H,31,34)(H,32,35)(H,37,38). The first kappa shape index (κ1) is 27.9. The number of nitrogens with two attached hydrogens (primary N) is 1. The van der Waals surface area contributed by atoms with Crippen molar-refractivity contribution >= 4 is 23.7 Å². The molecule has 1 aromatic heterocycles. The molecule has 0 bridgehead atoms. The van der Waals surface area contributed by atoms with Crippen molar-refractivity contribution in [3.05, 3.63) is 83.9 Å². The maximum atomic E-state index is 12.9. The van der Waals surface area contributed by atoms with E-state index in [0.717, 1.165) is 5.56 Å². The molecule has 3 aromatic rings. The molecular formula is C26H30N6O6. The number of aromatic amines is 1. The van der Waals surface area contributed by atoms with Crippen molar-refractivity contribution in [1.29, 1.82) is 0 Å². The van der Waals surface area contributed by atoms with E-state index in [1.807, 2.05) is 30.3 Å². The van der Waals surface area contributed by atoms with Crippen molar-refractivity contribution in [3.63, 3.8) is 0 Å². The zero-order valence-corrected chi connectivity index (χ0v) is 20.5. The van der Waals surface area contributed by atoms with E-state index in [2.05, 4.69) is 25.9 Å². The van der Waals surface area contributed by atoms with E-state index in [1.165, 1.54) is 24.7 Å². The van der Waals surface area contributed by atoms with Gasteiger partial charge >= 0.3 is 5.97 Å². The van der Waals surface area contributed by atoms with Gasteiger partial charge in [-0.25, -0.2) is 9.78 Å². The second-order valence-electron chi connectivity index (χ2n) is 8.69. The lowest BCUT2D eigenvalue weighted by atomic mass is 10.0. The van der Waals surface area contributed by atoms with Gasteiger partial charge in [-0.1, -0.05) is 42.5 Å². The summed E-state index contributed by atoms with van der Waals surface area (Å²) in [6.45, 7) is -0.510. The Kier molecular flexibility index (Phi) is 9.94. The van der Waals surface area contributed by atoms with Crippen LogP contribution in [0.15, 0.2) is 67.1 Å². The topological polar surface area (TPSA) is 200 Å². The molecule has 38 heavy (non-hydrogen) atoms. The van der Waals surface area contributed by atoms with Crippen LogP contribution in [0, 0.1) is 0 Å². The SMILES string of the molecule is NC(Cc1ccccc1)C(=O)NC(Cc1cnc[nH]1)C(=O)NCC(=O)NC(Cc1ccc(O)cc1)C(=O)O. The van der Waals surface area contributed by atoms with Crippen LogP contribution in [0.25, 0.3) is 0 Å².